The zero-order valence-electron chi connectivity index (χ0n) is 17.2. The molecule has 1 N–H and O–H groups in total. The Kier molecular flexibility index (Phi) is 8.70. The Morgan fingerprint density at radius 1 is 1.34 bits per heavy atom. The molecular weight excluding hydrogens is 388 g/mol. The lowest BCUT2D eigenvalue weighted by molar-refractivity contribution is -0.146. The van der Waals surface area contributed by atoms with Gasteiger partial charge in [-0.2, -0.15) is 13.2 Å². The Hall–Kier alpha value is -1.87. The van der Waals surface area contributed by atoms with Crippen molar-refractivity contribution in [2.75, 3.05) is 53.4 Å². The molecule has 0 amide bonds. The summed E-state index contributed by atoms with van der Waals surface area (Å²) < 4.78 is 56.7. The molecule has 0 bridgehead atoms. The minimum absolute atomic E-state index is 0.158. The summed E-state index contributed by atoms with van der Waals surface area (Å²) in [5.74, 6) is 0.545. The third-order valence-corrected chi connectivity index (χ3v) is 5.14. The first kappa shape index (κ1) is 23.4. The van der Waals surface area contributed by atoms with Gasteiger partial charge in [-0.05, 0) is 36.6 Å². The van der Waals surface area contributed by atoms with E-state index in [1.54, 1.807) is 33.2 Å². The fourth-order valence-electron chi connectivity index (χ4n) is 3.63. The summed E-state index contributed by atoms with van der Waals surface area (Å²) in [7, 11) is 3.27. The van der Waals surface area contributed by atoms with Gasteiger partial charge in [0.15, 0.2) is 5.96 Å². The van der Waals surface area contributed by atoms with Crippen LogP contribution in [-0.2, 0) is 4.74 Å². The Bertz CT molecular complexity index is 651. The Morgan fingerprint density at radius 2 is 2.03 bits per heavy atom. The van der Waals surface area contributed by atoms with Crippen molar-refractivity contribution in [3.05, 3.63) is 35.6 Å². The predicted molar refractivity (Wildman–Crippen MR) is 105 cm³/mol. The maximum absolute atomic E-state index is 13.1. The molecule has 0 saturated carbocycles. The van der Waals surface area contributed by atoms with Gasteiger partial charge in [0, 0.05) is 40.3 Å². The largest absolute Gasteiger partial charge is 0.401 e. The number of benzene rings is 1. The van der Waals surface area contributed by atoms with Gasteiger partial charge >= 0.3 is 6.18 Å². The maximum Gasteiger partial charge on any atom is 0.401 e. The Balaban J connectivity index is 1.88. The van der Waals surface area contributed by atoms with E-state index in [4.69, 9.17) is 4.74 Å². The second-order valence-electron chi connectivity index (χ2n) is 7.25. The highest BCUT2D eigenvalue weighted by Gasteiger charge is 2.33. The van der Waals surface area contributed by atoms with Crippen molar-refractivity contribution in [2.24, 2.45) is 10.9 Å². The normalized spacial score (nSPS) is 19.1. The first-order chi connectivity index (χ1) is 13.8. The third-order valence-electron chi connectivity index (χ3n) is 5.14. The van der Waals surface area contributed by atoms with Crippen LogP contribution in [-0.4, -0.2) is 75.4 Å². The van der Waals surface area contributed by atoms with Crippen LogP contribution in [0, 0.1) is 11.7 Å². The number of methoxy groups -OCH3 is 1. The minimum Gasteiger partial charge on any atom is -0.375 e. The van der Waals surface area contributed by atoms with Gasteiger partial charge in [-0.25, -0.2) is 4.39 Å². The van der Waals surface area contributed by atoms with E-state index in [0.717, 1.165) is 18.5 Å². The zero-order valence-corrected chi connectivity index (χ0v) is 17.2. The topological polar surface area (TPSA) is 40.1 Å². The smallest absolute Gasteiger partial charge is 0.375 e. The van der Waals surface area contributed by atoms with E-state index in [2.05, 4.69) is 15.2 Å². The second-order valence-corrected chi connectivity index (χ2v) is 7.25. The van der Waals surface area contributed by atoms with Gasteiger partial charge in [-0.1, -0.05) is 19.1 Å². The molecule has 1 aromatic rings. The molecule has 5 nitrogen and oxygen atoms in total. The lowest BCUT2D eigenvalue weighted by Crippen LogP contribution is -2.43. The van der Waals surface area contributed by atoms with E-state index >= 15 is 0 Å². The molecule has 0 aliphatic carbocycles. The van der Waals surface area contributed by atoms with Crippen LogP contribution in [0.4, 0.5) is 17.6 Å². The van der Waals surface area contributed by atoms with E-state index in [1.165, 1.54) is 17.0 Å². The van der Waals surface area contributed by atoms with Gasteiger partial charge in [0.1, 0.15) is 5.82 Å². The highest BCUT2D eigenvalue weighted by Crippen LogP contribution is 2.22. The van der Waals surface area contributed by atoms with Crippen LogP contribution in [0.1, 0.15) is 25.0 Å². The number of hydrogen-bond acceptors (Lipinski definition) is 3. The van der Waals surface area contributed by atoms with E-state index in [-0.39, 0.29) is 17.8 Å². The van der Waals surface area contributed by atoms with Crippen LogP contribution in [0.3, 0.4) is 0 Å². The highest BCUT2D eigenvalue weighted by molar-refractivity contribution is 5.80. The average Bonchev–Trinajstić information content (AvgIpc) is 3.13. The van der Waals surface area contributed by atoms with Gasteiger partial charge in [-0.3, -0.25) is 9.89 Å². The molecule has 1 heterocycles. The first-order valence-electron chi connectivity index (χ1n) is 9.78. The number of hydrogen-bond donors (Lipinski definition) is 1. The maximum atomic E-state index is 13.1. The van der Waals surface area contributed by atoms with Crippen molar-refractivity contribution >= 4 is 5.96 Å². The molecule has 0 spiro atoms. The van der Waals surface area contributed by atoms with Crippen molar-refractivity contribution < 1.29 is 22.3 Å². The molecule has 1 aliphatic rings. The third kappa shape index (κ3) is 7.47. The number of ether oxygens (including phenoxy) is 1. The molecule has 9 heteroatoms. The Labute approximate surface area is 169 Å². The fraction of sp³-hybridized carbons (Fsp3) is 0.650. The number of guanidine groups is 1. The van der Waals surface area contributed by atoms with Gasteiger partial charge in [0.2, 0.25) is 0 Å². The second kappa shape index (κ2) is 10.8. The van der Waals surface area contributed by atoms with Crippen molar-refractivity contribution in [3.8, 4) is 0 Å². The number of rotatable bonds is 8. The predicted octanol–water partition coefficient (Wildman–Crippen LogP) is 3.29. The average molecular weight is 418 g/mol. The van der Waals surface area contributed by atoms with E-state index in [1.807, 2.05) is 0 Å². The molecule has 1 aromatic carbocycles. The van der Waals surface area contributed by atoms with Crippen molar-refractivity contribution in [1.29, 1.82) is 0 Å². The zero-order chi connectivity index (χ0) is 21.4. The lowest BCUT2D eigenvalue weighted by Gasteiger charge is -2.26. The molecule has 1 fully saturated rings. The van der Waals surface area contributed by atoms with Crippen molar-refractivity contribution in [3.63, 3.8) is 0 Å². The molecule has 0 aromatic heterocycles. The number of likely N-dealkylation sites (tertiary alicyclic amines) is 1. The fourth-order valence-corrected chi connectivity index (χ4v) is 3.63. The quantitative estimate of drug-likeness (QED) is 0.400. The summed E-state index contributed by atoms with van der Waals surface area (Å²) in [4.78, 5) is 7.80. The van der Waals surface area contributed by atoms with Crippen LogP contribution in [0.15, 0.2) is 29.3 Å². The number of aliphatic imine (C=N–C) groups is 1. The van der Waals surface area contributed by atoms with Crippen LogP contribution in [0.25, 0.3) is 0 Å². The van der Waals surface area contributed by atoms with Gasteiger partial charge in [0.25, 0.3) is 0 Å². The molecule has 2 unspecified atom stereocenters. The van der Waals surface area contributed by atoms with Gasteiger partial charge < -0.3 is 15.0 Å². The molecule has 2 atom stereocenters. The molecule has 2 rings (SSSR count). The van der Waals surface area contributed by atoms with Crippen LogP contribution < -0.4 is 5.32 Å². The molecule has 29 heavy (non-hydrogen) atoms. The molecular formula is C20H30F4N4O. The molecule has 0 radical (unpaired) electrons. The molecule has 164 valence electrons. The van der Waals surface area contributed by atoms with Crippen molar-refractivity contribution in [2.45, 2.75) is 25.6 Å². The summed E-state index contributed by atoms with van der Waals surface area (Å²) in [6.45, 7) is 3.50. The van der Waals surface area contributed by atoms with Gasteiger partial charge in [0.05, 0.1) is 12.6 Å². The molecule has 1 aliphatic heterocycles. The SMILES string of the molecule is CCN(CC1CCN(C(=NC)NCC(OC)c2ccc(F)cc2)C1)CC(F)(F)F. The summed E-state index contributed by atoms with van der Waals surface area (Å²) in [5, 5.41) is 3.27. The minimum atomic E-state index is -4.18. The summed E-state index contributed by atoms with van der Waals surface area (Å²) >= 11 is 0. The summed E-state index contributed by atoms with van der Waals surface area (Å²) in [6, 6.07) is 6.14. The number of nitrogens with one attached hydrogen (secondary N) is 1. The monoisotopic (exact) mass is 418 g/mol. The van der Waals surface area contributed by atoms with Crippen molar-refractivity contribution in [1.82, 2.24) is 15.1 Å². The van der Waals surface area contributed by atoms with E-state index in [0.29, 0.717) is 32.1 Å². The Morgan fingerprint density at radius 3 is 2.59 bits per heavy atom. The standard InChI is InChI=1S/C20H30F4N4O/c1-4-27(14-20(22,23)24)12-15-9-10-28(13-15)19(25-2)26-11-18(29-3)16-5-7-17(21)8-6-16/h5-8,15,18H,4,9-14H2,1-3H3,(H,25,26). The number of alkyl halides is 3. The number of halogens is 4. The number of nitrogens with zero attached hydrogens (tertiary/aromatic N) is 3. The van der Waals surface area contributed by atoms with E-state index < -0.39 is 12.7 Å². The first-order valence-corrected chi connectivity index (χ1v) is 9.78. The van der Waals surface area contributed by atoms with E-state index in [9.17, 15) is 17.6 Å². The van der Waals surface area contributed by atoms with Crippen LogP contribution in [0.2, 0.25) is 0 Å². The highest BCUT2D eigenvalue weighted by atomic mass is 19.4. The van der Waals surface area contributed by atoms with Crippen LogP contribution in [0.5, 0.6) is 0 Å². The molecule has 1 saturated heterocycles. The lowest BCUT2D eigenvalue weighted by atomic mass is 10.1. The van der Waals surface area contributed by atoms with Gasteiger partial charge in [-0.15, -0.1) is 0 Å². The van der Waals surface area contributed by atoms with Crippen LogP contribution >= 0.6 is 0 Å². The summed E-state index contributed by atoms with van der Waals surface area (Å²) in [6.07, 6.45) is -3.63. The summed E-state index contributed by atoms with van der Waals surface area (Å²) in [5.41, 5.74) is 0.849.